The van der Waals surface area contributed by atoms with Crippen LogP contribution in [0.25, 0.3) is 11.1 Å². The Morgan fingerprint density at radius 1 is 0.909 bits per heavy atom. The molecule has 0 atom stereocenters. The number of rotatable bonds is 6. The normalized spacial score (nSPS) is 16.1. The minimum absolute atomic E-state index is 0.0433. The number of aromatic nitrogens is 2. The molecule has 3 aromatic rings. The van der Waals surface area contributed by atoms with Crippen LogP contribution in [0.4, 0.5) is 11.5 Å². The van der Waals surface area contributed by atoms with E-state index in [1.165, 1.54) is 17.2 Å². The summed E-state index contributed by atoms with van der Waals surface area (Å²) in [4.78, 5) is 36.9. The van der Waals surface area contributed by atoms with Crippen molar-refractivity contribution in [3.8, 4) is 11.1 Å². The molecule has 0 amide bonds. The van der Waals surface area contributed by atoms with Crippen LogP contribution in [-0.2, 0) is 24.2 Å². The lowest BCUT2D eigenvalue weighted by molar-refractivity contribution is -0.136. The van der Waals surface area contributed by atoms with E-state index in [0.29, 0.717) is 12.4 Å². The highest BCUT2D eigenvalue weighted by atomic mass is 16.4. The maximum Gasteiger partial charge on any atom is 0.354 e. The highest BCUT2D eigenvalue weighted by Crippen LogP contribution is 2.42. The molecule has 2 aliphatic rings. The molecule has 3 N–H and O–H groups in total. The van der Waals surface area contributed by atoms with E-state index in [1.807, 2.05) is 19.9 Å². The number of aryl methyl sites for hydroxylation is 2. The highest BCUT2D eigenvalue weighted by Gasteiger charge is 2.30. The van der Waals surface area contributed by atoms with Gasteiger partial charge in [-0.3, -0.25) is 9.78 Å². The van der Waals surface area contributed by atoms with Crippen molar-refractivity contribution in [3.05, 3.63) is 70.2 Å². The molecule has 1 aromatic carbocycles. The highest BCUT2D eigenvalue weighted by molar-refractivity contribution is 5.87. The average molecular weight is 603 g/mol. The first-order chi connectivity index (χ1) is 20.5. The first kappa shape index (κ1) is 32.9. The molecule has 0 saturated carbocycles. The van der Waals surface area contributed by atoms with Gasteiger partial charge in [0.25, 0.3) is 0 Å². The van der Waals surface area contributed by atoms with Crippen molar-refractivity contribution in [2.24, 2.45) is 5.41 Å². The third-order valence-corrected chi connectivity index (χ3v) is 8.20. The van der Waals surface area contributed by atoms with Crippen LogP contribution in [-0.4, -0.2) is 62.5 Å². The van der Waals surface area contributed by atoms with E-state index < -0.39 is 17.5 Å². The van der Waals surface area contributed by atoms with Gasteiger partial charge in [-0.2, -0.15) is 0 Å². The van der Waals surface area contributed by atoms with E-state index in [1.54, 1.807) is 26.8 Å². The fraction of sp³-hybridized carbons (Fsp3) is 0.486. The minimum atomic E-state index is -1.03. The molecule has 9 nitrogen and oxygen atoms in total. The number of hydrogen-bond acceptors (Lipinski definition) is 7. The number of nitrogens with zero attached hydrogens (tertiary/aromatic N) is 4. The molecule has 4 heterocycles. The van der Waals surface area contributed by atoms with Gasteiger partial charge in [-0.25, -0.2) is 9.78 Å². The minimum Gasteiger partial charge on any atom is -0.481 e. The Bertz CT molecular complexity index is 1530. The zero-order chi connectivity index (χ0) is 32.4. The van der Waals surface area contributed by atoms with Gasteiger partial charge in [0.15, 0.2) is 5.69 Å². The number of fused-ring (bicyclic) bond motifs is 1. The van der Waals surface area contributed by atoms with Crippen LogP contribution in [0.5, 0.6) is 0 Å². The smallest absolute Gasteiger partial charge is 0.354 e. The van der Waals surface area contributed by atoms with Gasteiger partial charge in [-0.05, 0) is 88.1 Å². The standard InChI is InChI=1S/C31H36N4O4.C4H10O/c1-19-24(17-27(36)37)29(34-14-11-31(3,4)12-15-34)28(20(2)32-19)22-8-9-23-18-35(13-10-21(23)16-22)26-7-5-6-25(33-26)30(38)39;1-4(2,3)5/h5-9,16H,10-15,17-18H2,1-4H3,(H,36,37)(H,38,39);5H,1-3H3. The molecule has 1 fully saturated rings. The van der Waals surface area contributed by atoms with Crippen LogP contribution in [0, 0.1) is 19.3 Å². The molecule has 0 radical (unpaired) electrons. The summed E-state index contributed by atoms with van der Waals surface area (Å²) in [5.74, 6) is -1.22. The lowest BCUT2D eigenvalue weighted by Gasteiger charge is -2.40. The van der Waals surface area contributed by atoms with Crippen LogP contribution in [0.3, 0.4) is 0 Å². The summed E-state index contributed by atoms with van der Waals surface area (Å²) in [6.07, 6.45) is 2.85. The SMILES string of the molecule is CC(C)(C)O.Cc1nc(C)c(-c2ccc3c(c2)CCN(c2cccc(C(=O)O)n2)C3)c(N2CCC(C)(C)CC2)c1CC(=O)O. The number of aromatic carboxylic acids is 1. The van der Waals surface area contributed by atoms with Gasteiger partial charge in [-0.1, -0.05) is 38.1 Å². The largest absolute Gasteiger partial charge is 0.481 e. The summed E-state index contributed by atoms with van der Waals surface area (Å²) >= 11 is 0. The molecule has 5 rings (SSSR count). The van der Waals surface area contributed by atoms with Crippen LogP contribution in [0.2, 0.25) is 0 Å². The molecular weight excluding hydrogens is 556 g/mol. The average Bonchev–Trinajstić information content (AvgIpc) is 2.93. The second kappa shape index (κ2) is 12.9. The number of pyridine rings is 2. The summed E-state index contributed by atoms with van der Waals surface area (Å²) in [7, 11) is 0. The molecule has 0 aliphatic carbocycles. The van der Waals surface area contributed by atoms with Gasteiger partial charge in [0.1, 0.15) is 5.82 Å². The topological polar surface area (TPSA) is 127 Å². The summed E-state index contributed by atoms with van der Waals surface area (Å²) < 4.78 is 0. The predicted octanol–water partition coefficient (Wildman–Crippen LogP) is 6.05. The van der Waals surface area contributed by atoms with Crippen molar-refractivity contribution in [1.82, 2.24) is 9.97 Å². The van der Waals surface area contributed by atoms with E-state index in [0.717, 1.165) is 72.7 Å². The molecule has 1 saturated heterocycles. The van der Waals surface area contributed by atoms with E-state index in [2.05, 4.69) is 46.8 Å². The van der Waals surface area contributed by atoms with Crippen LogP contribution >= 0.6 is 0 Å². The van der Waals surface area contributed by atoms with Gasteiger partial charge in [0.2, 0.25) is 0 Å². The molecule has 2 aliphatic heterocycles. The molecule has 0 bridgehead atoms. The molecule has 44 heavy (non-hydrogen) atoms. The van der Waals surface area contributed by atoms with Crippen molar-refractivity contribution in [3.63, 3.8) is 0 Å². The third-order valence-electron chi connectivity index (χ3n) is 8.20. The van der Waals surface area contributed by atoms with Crippen LogP contribution in [0.1, 0.15) is 86.0 Å². The Morgan fingerprint density at radius 3 is 2.18 bits per heavy atom. The summed E-state index contributed by atoms with van der Waals surface area (Å²) in [5.41, 5.74) is 7.83. The Labute approximate surface area is 260 Å². The first-order valence-corrected chi connectivity index (χ1v) is 15.3. The summed E-state index contributed by atoms with van der Waals surface area (Å²) in [5, 5.41) is 27.6. The van der Waals surface area contributed by atoms with E-state index in [9.17, 15) is 19.8 Å². The Balaban J connectivity index is 0.000000818. The number of carboxylic acids is 2. The number of aliphatic hydroxyl groups is 1. The van der Waals surface area contributed by atoms with Gasteiger partial charge < -0.3 is 25.1 Å². The first-order valence-electron chi connectivity index (χ1n) is 15.3. The summed E-state index contributed by atoms with van der Waals surface area (Å²) in [6.45, 7) is 16.9. The lowest BCUT2D eigenvalue weighted by atomic mass is 9.82. The number of anilines is 2. The summed E-state index contributed by atoms with van der Waals surface area (Å²) in [6, 6.07) is 11.6. The predicted molar refractivity (Wildman–Crippen MR) is 174 cm³/mol. The number of carboxylic acid groups (broad SMARTS) is 2. The Kier molecular flexibility index (Phi) is 9.68. The number of benzene rings is 1. The molecule has 236 valence electrons. The third kappa shape index (κ3) is 8.14. The second-order valence-electron chi connectivity index (χ2n) is 13.7. The number of piperidine rings is 1. The van der Waals surface area contributed by atoms with E-state index in [-0.39, 0.29) is 17.5 Å². The maximum absolute atomic E-state index is 11.9. The number of aliphatic carboxylic acids is 1. The van der Waals surface area contributed by atoms with Gasteiger partial charge >= 0.3 is 11.9 Å². The Hall–Kier alpha value is -3.98. The number of hydrogen-bond donors (Lipinski definition) is 3. The molecule has 0 unspecified atom stereocenters. The maximum atomic E-state index is 11.9. The van der Waals surface area contributed by atoms with Crippen molar-refractivity contribution >= 4 is 23.4 Å². The molecule has 9 heteroatoms. The second-order valence-corrected chi connectivity index (χ2v) is 13.7. The van der Waals surface area contributed by atoms with Crippen LogP contribution < -0.4 is 9.80 Å². The van der Waals surface area contributed by atoms with Gasteiger partial charge in [0.05, 0.1) is 17.7 Å². The number of carbonyl (C=O) groups is 2. The van der Waals surface area contributed by atoms with E-state index >= 15 is 0 Å². The Morgan fingerprint density at radius 2 is 1.57 bits per heavy atom. The van der Waals surface area contributed by atoms with Crippen molar-refractivity contribution in [2.75, 3.05) is 29.4 Å². The van der Waals surface area contributed by atoms with Crippen molar-refractivity contribution < 1.29 is 24.9 Å². The van der Waals surface area contributed by atoms with E-state index in [4.69, 9.17) is 10.1 Å². The molecule has 2 aromatic heterocycles. The monoisotopic (exact) mass is 602 g/mol. The fourth-order valence-corrected chi connectivity index (χ4v) is 5.88. The zero-order valence-corrected chi connectivity index (χ0v) is 27.1. The fourth-order valence-electron chi connectivity index (χ4n) is 5.88. The van der Waals surface area contributed by atoms with Crippen molar-refractivity contribution in [1.29, 1.82) is 0 Å². The zero-order valence-electron chi connectivity index (χ0n) is 27.1. The van der Waals surface area contributed by atoms with Crippen LogP contribution in [0.15, 0.2) is 36.4 Å². The lowest BCUT2D eigenvalue weighted by Crippen LogP contribution is -2.38. The van der Waals surface area contributed by atoms with Gasteiger partial charge in [0, 0.05) is 48.7 Å². The van der Waals surface area contributed by atoms with Crippen molar-refractivity contribution in [2.45, 2.75) is 86.3 Å². The van der Waals surface area contributed by atoms with Gasteiger partial charge in [-0.15, -0.1) is 0 Å². The molecular formula is C35H46N4O5. The quantitative estimate of drug-likeness (QED) is 0.309. The molecule has 0 spiro atoms.